The van der Waals surface area contributed by atoms with E-state index in [1.165, 1.54) is 18.2 Å². The predicted molar refractivity (Wildman–Crippen MR) is 61.3 cm³/mol. The van der Waals surface area contributed by atoms with Crippen LogP contribution < -0.4 is 0 Å². The third kappa shape index (κ3) is 1.47. The topological polar surface area (TPSA) is 16.1 Å². The Bertz CT molecular complexity index is 441. The molecule has 2 aliphatic rings. The molecule has 1 fully saturated rings. The third-order valence-corrected chi connectivity index (χ3v) is 3.65. The molecule has 3 rings (SSSR count). The normalized spacial score (nSPS) is 28.5. The molecular weight excluding hydrogens is 203 g/mol. The molecule has 2 heterocycles. The average molecular weight is 218 g/mol. The Labute approximate surface area is 94.8 Å². The Morgan fingerprint density at radius 2 is 2.38 bits per heavy atom. The zero-order chi connectivity index (χ0) is 11.1. The van der Waals surface area contributed by atoms with Gasteiger partial charge in [-0.3, -0.25) is 9.88 Å². The van der Waals surface area contributed by atoms with Crippen LogP contribution in [0.25, 0.3) is 5.57 Å². The van der Waals surface area contributed by atoms with Crippen molar-refractivity contribution in [1.29, 1.82) is 0 Å². The molecule has 0 aromatic carbocycles. The summed E-state index contributed by atoms with van der Waals surface area (Å²) >= 11 is 0. The van der Waals surface area contributed by atoms with Gasteiger partial charge in [0, 0.05) is 24.3 Å². The first-order valence-electron chi connectivity index (χ1n) is 5.84. The van der Waals surface area contributed by atoms with Gasteiger partial charge in [-0.15, -0.1) is 0 Å². The van der Waals surface area contributed by atoms with E-state index in [1.807, 2.05) is 0 Å². The third-order valence-electron chi connectivity index (χ3n) is 3.65. The van der Waals surface area contributed by atoms with Gasteiger partial charge in [-0.25, -0.2) is 4.39 Å². The molecule has 1 aromatic heterocycles. The summed E-state index contributed by atoms with van der Waals surface area (Å²) in [6.45, 7) is 4.41. The lowest BCUT2D eigenvalue weighted by molar-refractivity contribution is 0.302. The van der Waals surface area contributed by atoms with Crippen LogP contribution in [0.15, 0.2) is 24.5 Å². The lowest BCUT2D eigenvalue weighted by Crippen LogP contribution is -2.31. The Morgan fingerprint density at radius 1 is 1.50 bits per heavy atom. The first-order chi connectivity index (χ1) is 7.78. The number of likely N-dealkylation sites (tertiary alicyclic amines) is 1. The fourth-order valence-corrected chi connectivity index (χ4v) is 2.96. The first-order valence-corrected chi connectivity index (χ1v) is 5.84. The van der Waals surface area contributed by atoms with Gasteiger partial charge in [0.05, 0.1) is 6.20 Å². The highest BCUT2D eigenvalue weighted by atomic mass is 19.1. The molecule has 0 radical (unpaired) electrons. The van der Waals surface area contributed by atoms with Crippen molar-refractivity contribution in [2.75, 3.05) is 13.1 Å². The van der Waals surface area contributed by atoms with Gasteiger partial charge in [0.25, 0.3) is 0 Å². The van der Waals surface area contributed by atoms with E-state index >= 15 is 0 Å². The Balaban J connectivity index is 1.95. The number of hydrogen-bond acceptors (Lipinski definition) is 2. The maximum atomic E-state index is 13.1. The molecule has 3 heteroatoms. The smallest absolute Gasteiger partial charge is 0.142 e. The molecule has 0 spiro atoms. The minimum atomic E-state index is -0.246. The number of nitrogens with zero attached hydrogens (tertiary/aromatic N) is 2. The highest BCUT2D eigenvalue weighted by Gasteiger charge is 2.38. The molecule has 0 amide bonds. The van der Waals surface area contributed by atoms with Crippen molar-refractivity contribution in [3.8, 4) is 0 Å². The fraction of sp³-hybridized carbons (Fsp3) is 0.462. The van der Waals surface area contributed by atoms with E-state index in [1.54, 1.807) is 12.3 Å². The van der Waals surface area contributed by atoms with Gasteiger partial charge < -0.3 is 0 Å². The van der Waals surface area contributed by atoms with Crippen molar-refractivity contribution < 1.29 is 4.39 Å². The van der Waals surface area contributed by atoms with E-state index in [0.29, 0.717) is 12.0 Å². The van der Waals surface area contributed by atoms with Gasteiger partial charge in [0.15, 0.2) is 0 Å². The van der Waals surface area contributed by atoms with Gasteiger partial charge in [-0.2, -0.15) is 0 Å². The number of aromatic nitrogens is 1. The molecule has 0 N–H and O–H groups in total. The SMILES string of the molecule is CCN1CC2C=C(c3cncc(F)c3)[C@H]1C2. The first kappa shape index (κ1) is 9.97. The molecule has 1 saturated heterocycles. The summed E-state index contributed by atoms with van der Waals surface area (Å²) in [4.78, 5) is 6.39. The minimum Gasteiger partial charge on any atom is -0.296 e. The van der Waals surface area contributed by atoms with Crippen molar-refractivity contribution in [1.82, 2.24) is 9.88 Å². The summed E-state index contributed by atoms with van der Waals surface area (Å²) in [6, 6.07) is 2.08. The maximum Gasteiger partial charge on any atom is 0.142 e. The zero-order valence-corrected chi connectivity index (χ0v) is 9.36. The number of halogens is 1. The molecule has 0 saturated carbocycles. The van der Waals surface area contributed by atoms with Gasteiger partial charge in [0.2, 0.25) is 0 Å². The molecule has 84 valence electrons. The van der Waals surface area contributed by atoms with Crippen molar-refractivity contribution in [2.24, 2.45) is 5.92 Å². The van der Waals surface area contributed by atoms with Gasteiger partial charge in [-0.05, 0) is 30.5 Å². The van der Waals surface area contributed by atoms with Crippen LogP contribution >= 0.6 is 0 Å². The lowest BCUT2D eigenvalue weighted by atomic mass is 10.0. The number of hydrogen-bond donors (Lipinski definition) is 0. The molecular formula is C13H15FN2. The summed E-state index contributed by atoms with van der Waals surface area (Å²) in [5.74, 6) is 0.410. The van der Waals surface area contributed by atoms with Crippen LogP contribution in [-0.2, 0) is 0 Å². The number of fused-ring (bicyclic) bond motifs is 2. The van der Waals surface area contributed by atoms with Crippen LogP contribution in [0.1, 0.15) is 18.9 Å². The number of rotatable bonds is 2. The van der Waals surface area contributed by atoms with E-state index in [2.05, 4.69) is 22.9 Å². The van der Waals surface area contributed by atoms with Gasteiger partial charge in [-0.1, -0.05) is 13.0 Å². The highest BCUT2D eigenvalue weighted by Crippen LogP contribution is 2.41. The van der Waals surface area contributed by atoms with Crippen LogP contribution in [-0.4, -0.2) is 29.0 Å². The van der Waals surface area contributed by atoms with E-state index in [-0.39, 0.29) is 5.82 Å². The fourth-order valence-electron chi connectivity index (χ4n) is 2.96. The van der Waals surface area contributed by atoms with Crippen LogP contribution in [0, 0.1) is 11.7 Å². The molecule has 1 unspecified atom stereocenters. The quantitative estimate of drug-likeness (QED) is 0.757. The second kappa shape index (κ2) is 3.67. The van der Waals surface area contributed by atoms with Crippen molar-refractivity contribution in [3.63, 3.8) is 0 Å². The maximum absolute atomic E-state index is 13.1. The number of likely N-dealkylation sites (N-methyl/N-ethyl adjacent to an activating group) is 1. The van der Waals surface area contributed by atoms with Crippen molar-refractivity contribution in [2.45, 2.75) is 19.4 Å². The molecule has 1 aromatic rings. The summed E-state index contributed by atoms with van der Waals surface area (Å²) < 4.78 is 13.1. The van der Waals surface area contributed by atoms with Gasteiger partial charge in [0.1, 0.15) is 5.82 Å². The van der Waals surface area contributed by atoms with Crippen LogP contribution in [0.3, 0.4) is 0 Å². The van der Waals surface area contributed by atoms with Gasteiger partial charge >= 0.3 is 0 Å². The van der Waals surface area contributed by atoms with E-state index in [9.17, 15) is 4.39 Å². The average Bonchev–Trinajstić information content (AvgIpc) is 2.87. The standard InChI is InChI=1S/C13H15FN2/c1-2-16-8-9-3-12(13(16)4-9)10-5-11(14)7-15-6-10/h3,5-7,9,13H,2,4,8H2,1H3/t9?,13-/m1/s1. The van der Waals surface area contributed by atoms with Crippen molar-refractivity contribution >= 4 is 5.57 Å². The summed E-state index contributed by atoms with van der Waals surface area (Å²) in [6.07, 6.45) is 6.52. The summed E-state index contributed by atoms with van der Waals surface area (Å²) in [7, 11) is 0. The second-order valence-corrected chi connectivity index (χ2v) is 4.61. The van der Waals surface area contributed by atoms with E-state index in [0.717, 1.165) is 18.7 Å². The van der Waals surface area contributed by atoms with E-state index in [4.69, 9.17) is 0 Å². The molecule has 2 nitrogen and oxygen atoms in total. The van der Waals surface area contributed by atoms with Crippen LogP contribution in [0.2, 0.25) is 0 Å². The molecule has 1 aliphatic heterocycles. The zero-order valence-electron chi connectivity index (χ0n) is 9.36. The molecule has 2 atom stereocenters. The molecule has 16 heavy (non-hydrogen) atoms. The van der Waals surface area contributed by atoms with E-state index < -0.39 is 0 Å². The predicted octanol–water partition coefficient (Wildman–Crippen LogP) is 2.33. The Hall–Kier alpha value is -1.22. The monoisotopic (exact) mass is 218 g/mol. The number of pyridine rings is 1. The van der Waals surface area contributed by atoms with Crippen molar-refractivity contribution in [3.05, 3.63) is 35.9 Å². The van der Waals surface area contributed by atoms with Crippen LogP contribution in [0.5, 0.6) is 0 Å². The Morgan fingerprint density at radius 3 is 3.06 bits per heavy atom. The highest BCUT2D eigenvalue weighted by molar-refractivity contribution is 5.72. The second-order valence-electron chi connectivity index (χ2n) is 4.61. The lowest BCUT2D eigenvalue weighted by Gasteiger charge is -2.26. The molecule has 1 aliphatic carbocycles. The molecule has 2 bridgehead atoms. The minimum absolute atomic E-state index is 0.246. The van der Waals surface area contributed by atoms with Crippen LogP contribution in [0.4, 0.5) is 4.39 Å². The summed E-state index contributed by atoms with van der Waals surface area (Å²) in [5.41, 5.74) is 2.22. The largest absolute Gasteiger partial charge is 0.296 e. The Kier molecular flexibility index (Phi) is 2.28. The summed E-state index contributed by atoms with van der Waals surface area (Å²) in [5, 5.41) is 0.